The van der Waals surface area contributed by atoms with Crippen molar-refractivity contribution in [2.45, 2.75) is 33.2 Å². The summed E-state index contributed by atoms with van der Waals surface area (Å²) in [6.45, 7) is 5.36. The zero-order valence-electron chi connectivity index (χ0n) is 10.2. The van der Waals surface area contributed by atoms with E-state index in [4.69, 9.17) is 9.52 Å². The SMILES string of the molecule is CCc1occc1C(=O)N[C@@H](C(=O)O)C(C)C. The molecule has 0 unspecified atom stereocenters. The number of hydrogen-bond donors (Lipinski definition) is 2. The number of carbonyl (C=O) groups is 2. The Morgan fingerprint density at radius 3 is 2.59 bits per heavy atom. The van der Waals surface area contributed by atoms with Crippen molar-refractivity contribution in [3.05, 3.63) is 23.7 Å². The number of aliphatic carboxylic acids is 1. The number of rotatable bonds is 5. The third-order valence-electron chi connectivity index (χ3n) is 2.53. The van der Waals surface area contributed by atoms with E-state index in [9.17, 15) is 9.59 Å². The summed E-state index contributed by atoms with van der Waals surface area (Å²) in [5.41, 5.74) is 0.402. The number of carbonyl (C=O) groups excluding carboxylic acids is 1. The fourth-order valence-corrected chi connectivity index (χ4v) is 1.55. The Hall–Kier alpha value is -1.78. The molecule has 1 amide bonds. The number of aryl methyl sites for hydroxylation is 1. The van der Waals surface area contributed by atoms with Gasteiger partial charge in [-0.2, -0.15) is 0 Å². The van der Waals surface area contributed by atoms with Crippen molar-refractivity contribution >= 4 is 11.9 Å². The number of amides is 1. The second kappa shape index (κ2) is 5.52. The lowest BCUT2D eigenvalue weighted by molar-refractivity contribution is -0.140. The minimum atomic E-state index is -1.03. The first kappa shape index (κ1) is 13.3. The first-order chi connectivity index (χ1) is 7.97. The van der Waals surface area contributed by atoms with Gasteiger partial charge in [-0.15, -0.1) is 0 Å². The van der Waals surface area contributed by atoms with Gasteiger partial charge < -0.3 is 14.8 Å². The van der Waals surface area contributed by atoms with Crippen molar-refractivity contribution in [1.29, 1.82) is 0 Å². The van der Waals surface area contributed by atoms with E-state index in [2.05, 4.69) is 5.32 Å². The summed E-state index contributed by atoms with van der Waals surface area (Å²) in [6, 6.07) is 0.662. The Kier molecular flexibility index (Phi) is 4.31. The molecule has 0 aliphatic carbocycles. The van der Waals surface area contributed by atoms with Gasteiger partial charge in [0.15, 0.2) is 0 Å². The Labute approximate surface area is 99.8 Å². The minimum Gasteiger partial charge on any atom is -0.480 e. The van der Waals surface area contributed by atoms with E-state index in [1.54, 1.807) is 19.9 Å². The Bertz CT molecular complexity index is 408. The van der Waals surface area contributed by atoms with Crippen LogP contribution in [-0.2, 0) is 11.2 Å². The average Bonchev–Trinajstić information content (AvgIpc) is 2.72. The van der Waals surface area contributed by atoms with Crippen LogP contribution in [-0.4, -0.2) is 23.0 Å². The van der Waals surface area contributed by atoms with Gasteiger partial charge in [0.25, 0.3) is 5.91 Å². The Balaban J connectivity index is 2.81. The summed E-state index contributed by atoms with van der Waals surface area (Å²) >= 11 is 0. The molecule has 94 valence electrons. The molecule has 5 nitrogen and oxygen atoms in total. The van der Waals surface area contributed by atoms with Gasteiger partial charge in [-0.05, 0) is 12.0 Å². The van der Waals surface area contributed by atoms with Crippen LogP contribution >= 0.6 is 0 Å². The summed E-state index contributed by atoms with van der Waals surface area (Å²) in [4.78, 5) is 22.8. The molecule has 0 aromatic carbocycles. The predicted octanol–water partition coefficient (Wildman–Crippen LogP) is 1.68. The molecule has 0 aliphatic rings. The van der Waals surface area contributed by atoms with Crippen LogP contribution in [0.5, 0.6) is 0 Å². The average molecular weight is 239 g/mol. The number of carboxylic acids is 1. The molecule has 0 bridgehead atoms. The molecule has 0 saturated heterocycles. The number of carboxylic acid groups (broad SMARTS) is 1. The molecule has 0 fully saturated rings. The Morgan fingerprint density at radius 2 is 2.12 bits per heavy atom. The second-order valence-corrected chi connectivity index (χ2v) is 4.14. The van der Waals surface area contributed by atoms with E-state index in [-0.39, 0.29) is 5.92 Å². The molecule has 17 heavy (non-hydrogen) atoms. The van der Waals surface area contributed by atoms with Gasteiger partial charge in [0.1, 0.15) is 11.8 Å². The Morgan fingerprint density at radius 1 is 1.47 bits per heavy atom. The van der Waals surface area contributed by atoms with Gasteiger partial charge in [-0.3, -0.25) is 4.79 Å². The summed E-state index contributed by atoms with van der Waals surface area (Å²) in [5.74, 6) is -1.05. The third-order valence-corrected chi connectivity index (χ3v) is 2.53. The van der Waals surface area contributed by atoms with Gasteiger partial charge in [0.05, 0.1) is 11.8 Å². The maximum absolute atomic E-state index is 11.9. The highest BCUT2D eigenvalue weighted by atomic mass is 16.4. The van der Waals surface area contributed by atoms with Crippen LogP contribution in [0, 0.1) is 5.92 Å². The number of hydrogen-bond acceptors (Lipinski definition) is 3. The molecule has 5 heteroatoms. The summed E-state index contributed by atoms with van der Waals surface area (Å²) in [7, 11) is 0. The second-order valence-electron chi connectivity index (χ2n) is 4.14. The highest BCUT2D eigenvalue weighted by molar-refractivity contribution is 5.97. The summed E-state index contributed by atoms with van der Waals surface area (Å²) in [5, 5.41) is 11.5. The van der Waals surface area contributed by atoms with E-state index in [0.717, 1.165) is 0 Å². The van der Waals surface area contributed by atoms with E-state index in [1.165, 1.54) is 6.26 Å². The normalized spacial score (nSPS) is 12.5. The fraction of sp³-hybridized carbons (Fsp3) is 0.500. The topological polar surface area (TPSA) is 79.5 Å². The third kappa shape index (κ3) is 3.09. The standard InChI is InChI=1S/C12H17NO4/c1-4-9-8(5-6-17-9)11(14)13-10(7(2)3)12(15)16/h5-7,10H,4H2,1-3H3,(H,13,14)(H,15,16)/t10-/m1/s1. The molecule has 1 aromatic heterocycles. The van der Waals surface area contributed by atoms with Crippen molar-refractivity contribution in [3.63, 3.8) is 0 Å². The van der Waals surface area contributed by atoms with Gasteiger partial charge in [-0.1, -0.05) is 20.8 Å². The highest BCUT2D eigenvalue weighted by Gasteiger charge is 2.25. The van der Waals surface area contributed by atoms with Gasteiger partial charge >= 0.3 is 5.97 Å². The van der Waals surface area contributed by atoms with Crippen molar-refractivity contribution in [3.8, 4) is 0 Å². The largest absolute Gasteiger partial charge is 0.480 e. The van der Waals surface area contributed by atoms with Crippen molar-refractivity contribution in [2.75, 3.05) is 0 Å². The van der Waals surface area contributed by atoms with Crippen LogP contribution < -0.4 is 5.32 Å². The van der Waals surface area contributed by atoms with Crippen LogP contribution in [0.1, 0.15) is 36.9 Å². The molecular weight excluding hydrogens is 222 g/mol. The van der Waals surface area contributed by atoms with Gasteiger partial charge in [-0.25, -0.2) is 4.79 Å². The predicted molar refractivity (Wildman–Crippen MR) is 61.8 cm³/mol. The maximum atomic E-state index is 11.9. The molecule has 0 spiro atoms. The molecule has 2 N–H and O–H groups in total. The fourth-order valence-electron chi connectivity index (χ4n) is 1.55. The molecule has 0 aliphatic heterocycles. The molecular formula is C12H17NO4. The van der Waals surface area contributed by atoms with Crippen molar-refractivity contribution in [2.24, 2.45) is 5.92 Å². The maximum Gasteiger partial charge on any atom is 0.326 e. The van der Waals surface area contributed by atoms with Crippen molar-refractivity contribution in [1.82, 2.24) is 5.32 Å². The zero-order valence-corrected chi connectivity index (χ0v) is 10.2. The van der Waals surface area contributed by atoms with E-state index in [1.807, 2.05) is 6.92 Å². The first-order valence-electron chi connectivity index (χ1n) is 5.57. The lowest BCUT2D eigenvalue weighted by atomic mass is 10.0. The molecule has 1 aromatic rings. The van der Waals surface area contributed by atoms with Crippen LogP contribution in [0.15, 0.2) is 16.7 Å². The summed E-state index contributed by atoms with van der Waals surface area (Å²) in [6.07, 6.45) is 2.02. The lowest BCUT2D eigenvalue weighted by Gasteiger charge is -2.17. The van der Waals surface area contributed by atoms with Crippen LogP contribution in [0.25, 0.3) is 0 Å². The first-order valence-corrected chi connectivity index (χ1v) is 5.57. The quantitative estimate of drug-likeness (QED) is 0.819. The summed E-state index contributed by atoms with van der Waals surface area (Å²) < 4.78 is 5.13. The number of nitrogens with one attached hydrogen (secondary N) is 1. The van der Waals surface area contributed by atoms with E-state index in [0.29, 0.717) is 17.7 Å². The van der Waals surface area contributed by atoms with Crippen LogP contribution in [0.4, 0.5) is 0 Å². The van der Waals surface area contributed by atoms with Crippen molar-refractivity contribution < 1.29 is 19.1 Å². The molecule has 0 radical (unpaired) electrons. The minimum absolute atomic E-state index is 0.173. The lowest BCUT2D eigenvalue weighted by Crippen LogP contribution is -2.44. The highest BCUT2D eigenvalue weighted by Crippen LogP contribution is 2.12. The monoisotopic (exact) mass is 239 g/mol. The van der Waals surface area contributed by atoms with E-state index < -0.39 is 17.9 Å². The van der Waals surface area contributed by atoms with E-state index >= 15 is 0 Å². The molecule has 1 rings (SSSR count). The van der Waals surface area contributed by atoms with Crippen LogP contribution in [0.3, 0.4) is 0 Å². The van der Waals surface area contributed by atoms with Crippen LogP contribution in [0.2, 0.25) is 0 Å². The molecule has 0 saturated carbocycles. The van der Waals surface area contributed by atoms with Gasteiger partial charge in [0, 0.05) is 6.42 Å². The van der Waals surface area contributed by atoms with Gasteiger partial charge in [0.2, 0.25) is 0 Å². The smallest absolute Gasteiger partial charge is 0.326 e. The molecule has 1 heterocycles. The number of furan rings is 1. The zero-order chi connectivity index (χ0) is 13.0. The molecule has 1 atom stereocenters.